The third-order valence-electron chi connectivity index (χ3n) is 5.03. The zero-order valence-corrected chi connectivity index (χ0v) is 16.2. The molecule has 0 bridgehead atoms. The van der Waals surface area contributed by atoms with Crippen LogP contribution in [0.15, 0.2) is 36.7 Å². The van der Waals surface area contributed by atoms with Crippen molar-refractivity contribution in [1.82, 2.24) is 9.88 Å². The normalized spacial score (nSPS) is 16.7. The molecule has 1 amide bonds. The van der Waals surface area contributed by atoms with Crippen LogP contribution in [-0.4, -0.2) is 42.6 Å². The Labute approximate surface area is 160 Å². The molecule has 0 radical (unpaired) electrons. The summed E-state index contributed by atoms with van der Waals surface area (Å²) in [5, 5.41) is 3.28. The van der Waals surface area contributed by atoms with Crippen LogP contribution in [0.2, 0.25) is 0 Å². The zero-order chi connectivity index (χ0) is 19.2. The lowest BCUT2D eigenvalue weighted by Gasteiger charge is -2.35. The molecule has 1 fully saturated rings. The number of nitrogens with zero attached hydrogens (tertiary/aromatic N) is 2. The van der Waals surface area contributed by atoms with Crippen molar-refractivity contribution in [2.75, 3.05) is 26.1 Å². The van der Waals surface area contributed by atoms with Crippen LogP contribution < -0.4 is 14.8 Å². The molecule has 0 spiro atoms. The Morgan fingerprint density at radius 3 is 2.81 bits per heavy atom. The molecular formula is C21H27N3O3. The highest BCUT2D eigenvalue weighted by atomic mass is 16.5. The van der Waals surface area contributed by atoms with Crippen LogP contribution >= 0.6 is 0 Å². The highest BCUT2D eigenvalue weighted by molar-refractivity contribution is 5.95. The molecule has 0 aliphatic carbocycles. The lowest BCUT2D eigenvalue weighted by molar-refractivity contribution is 0.0607. The number of amides is 1. The number of rotatable bonds is 6. The summed E-state index contributed by atoms with van der Waals surface area (Å²) >= 11 is 0. The highest BCUT2D eigenvalue weighted by Crippen LogP contribution is 2.31. The van der Waals surface area contributed by atoms with Crippen molar-refractivity contribution in [2.24, 2.45) is 0 Å². The van der Waals surface area contributed by atoms with E-state index in [2.05, 4.69) is 17.2 Å². The van der Waals surface area contributed by atoms with E-state index in [1.165, 1.54) is 6.42 Å². The van der Waals surface area contributed by atoms with Gasteiger partial charge in [-0.05, 0) is 43.9 Å². The third kappa shape index (κ3) is 4.32. The standard InChI is InChI=1S/C21H27N3O3/c1-4-17-7-5-6-10-24(17)21(25)15-11-16(14-22-13-15)23-19-9-8-18(26-2)12-20(19)27-3/h8-9,11-14,17,23H,4-7,10H2,1-3H3. The first-order valence-corrected chi connectivity index (χ1v) is 9.41. The Hall–Kier alpha value is -2.76. The number of hydrogen-bond acceptors (Lipinski definition) is 5. The van der Waals surface area contributed by atoms with E-state index in [1.807, 2.05) is 29.2 Å². The van der Waals surface area contributed by atoms with Crippen LogP contribution in [-0.2, 0) is 0 Å². The molecule has 1 aliphatic heterocycles. The van der Waals surface area contributed by atoms with Crippen LogP contribution in [0.25, 0.3) is 0 Å². The van der Waals surface area contributed by atoms with Crippen molar-refractivity contribution >= 4 is 17.3 Å². The SMILES string of the molecule is CCC1CCCCN1C(=O)c1cncc(Nc2ccc(OC)cc2OC)c1. The molecular weight excluding hydrogens is 342 g/mol. The Balaban J connectivity index is 1.80. The molecule has 3 rings (SSSR count). The Morgan fingerprint density at radius 2 is 2.07 bits per heavy atom. The second kappa shape index (κ2) is 8.75. The van der Waals surface area contributed by atoms with E-state index in [0.717, 1.165) is 42.9 Å². The minimum absolute atomic E-state index is 0.0550. The van der Waals surface area contributed by atoms with Crippen LogP contribution in [0.3, 0.4) is 0 Å². The third-order valence-corrected chi connectivity index (χ3v) is 5.03. The fraction of sp³-hybridized carbons (Fsp3) is 0.429. The van der Waals surface area contributed by atoms with Gasteiger partial charge in [-0.25, -0.2) is 0 Å². The minimum Gasteiger partial charge on any atom is -0.497 e. The van der Waals surface area contributed by atoms with Gasteiger partial charge in [0.1, 0.15) is 11.5 Å². The van der Waals surface area contributed by atoms with Gasteiger partial charge in [0.15, 0.2) is 0 Å². The molecule has 1 aromatic carbocycles. The van der Waals surface area contributed by atoms with Crippen molar-refractivity contribution < 1.29 is 14.3 Å². The van der Waals surface area contributed by atoms with E-state index in [0.29, 0.717) is 17.4 Å². The molecule has 6 nitrogen and oxygen atoms in total. The van der Waals surface area contributed by atoms with Crippen molar-refractivity contribution in [2.45, 2.75) is 38.6 Å². The van der Waals surface area contributed by atoms with E-state index >= 15 is 0 Å². The van der Waals surface area contributed by atoms with Crippen LogP contribution in [0, 0.1) is 0 Å². The van der Waals surface area contributed by atoms with E-state index in [-0.39, 0.29) is 5.91 Å². The van der Waals surface area contributed by atoms with Crippen LogP contribution in [0.5, 0.6) is 11.5 Å². The molecule has 27 heavy (non-hydrogen) atoms. The molecule has 1 saturated heterocycles. The summed E-state index contributed by atoms with van der Waals surface area (Å²) in [6.45, 7) is 2.96. The smallest absolute Gasteiger partial charge is 0.255 e. The molecule has 6 heteroatoms. The van der Waals surface area contributed by atoms with Crippen molar-refractivity contribution in [3.63, 3.8) is 0 Å². The van der Waals surface area contributed by atoms with Gasteiger partial charge in [0.25, 0.3) is 5.91 Å². The van der Waals surface area contributed by atoms with Crippen molar-refractivity contribution in [3.8, 4) is 11.5 Å². The zero-order valence-electron chi connectivity index (χ0n) is 16.2. The number of nitrogens with one attached hydrogen (secondary N) is 1. The Kier molecular flexibility index (Phi) is 6.16. The predicted octanol–water partition coefficient (Wildman–Crippen LogP) is 4.25. The molecule has 0 saturated carbocycles. The predicted molar refractivity (Wildman–Crippen MR) is 106 cm³/mol. The molecule has 2 aromatic rings. The molecule has 1 aromatic heterocycles. The fourth-order valence-corrected chi connectivity index (χ4v) is 3.54. The fourth-order valence-electron chi connectivity index (χ4n) is 3.54. The van der Waals surface area contributed by atoms with Gasteiger partial charge in [-0.1, -0.05) is 6.92 Å². The number of aromatic nitrogens is 1. The number of carbonyl (C=O) groups is 1. The van der Waals surface area contributed by atoms with Gasteiger partial charge >= 0.3 is 0 Å². The molecule has 1 N–H and O–H groups in total. The van der Waals surface area contributed by atoms with E-state index in [1.54, 1.807) is 26.6 Å². The molecule has 144 valence electrons. The number of ether oxygens (including phenoxy) is 2. The summed E-state index contributed by atoms with van der Waals surface area (Å²) in [6, 6.07) is 7.71. The topological polar surface area (TPSA) is 63.7 Å². The Morgan fingerprint density at radius 1 is 1.22 bits per heavy atom. The van der Waals surface area contributed by atoms with E-state index in [4.69, 9.17) is 9.47 Å². The van der Waals surface area contributed by atoms with Gasteiger partial charge in [-0.2, -0.15) is 0 Å². The van der Waals surface area contributed by atoms with Crippen LogP contribution in [0.1, 0.15) is 43.0 Å². The first-order valence-electron chi connectivity index (χ1n) is 9.41. The summed E-state index contributed by atoms with van der Waals surface area (Å²) in [5.74, 6) is 1.43. The Bertz CT molecular complexity index is 794. The summed E-state index contributed by atoms with van der Waals surface area (Å²) in [6.07, 6.45) is 7.67. The first-order chi connectivity index (χ1) is 13.2. The lowest BCUT2D eigenvalue weighted by atomic mass is 9.99. The van der Waals surface area contributed by atoms with Crippen molar-refractivity contribution in [1.29, 1.82) is 0 Å². The van der Waals surface area contributed by atoms with E-state index in [9.17, 15) is 4.79 Å². The lowest BCUT2D eigenvalue weighted by Crippen LogP contribution is -2.43. The van der Waals surface area contributed by atoms with Gasteiger partial charge < -0.3 is 19.7 Å². The van der Waals surface area contributed by atoms with Crippen molar-refractivity contribution in [3.05, 3.63) is 42.2 Å². The minimum atomic E-state index is 0.0550. The number of anilines is 2. The molecule has 1 aliphatic rings. The number of benzene rings is 1. The van der Waals surface area contributed by atoms with Gasteiger partial charge in [-0.15, -0.1) is 0 Å². The second-order valence-electron chi connectivity index (χ2n) is 6.71. The number of piperidine rings is 1. The molecule has 1 atom stereocenters. The van der Waals surface area contributed by atoms with Crippen LogP contribution in [0.4, 0.5) is 11.4 Å². The largest absolute Gasteiger partial charge is 0.497 e. The number of pyridine rings is 1. The monoisotopic (exact) mass is 369 g/mol. The number of hydrogen-bond donors (Lipinski definition) is 1. The first kappa shape index (κ1) is 19.0. The maximum atomic E-state index is 13.0. The summed E-state index contributed by atoms with van der Waals surface area (Å²) < 4.78 is 10.7. The average Bonchev–Trinajstić information content (AvgIpc) is 2.73. The van der Waals surface area contributed by atoms with Gasteiger partial charge in [0, 0.05) is 24.8 Å². The highest BCUT2D eigenvalue weighted by Gasteiger charge is 2.26. The van der Waals surface area contributed by atoms with Gasteiger partial charge in [0.05, 0.1) is 37.4 Å². The number of carbonyl (C=O) groups excluding carboxylic acids is 1. The summed E-state index contributed by atoms with van der Waals surface area (Å²) in [5.41, 5.74) is 2.14. The number of likely N-dealkylation sites (tertiary alicyclic amines) is 1. The van der Waals surface area contributed by atoms with Gasteiger partial charge in [-0.3, -0.25) is 9.78 Å². The van der Waals surface area contributed by atoms with E-state index < -0.39 is 0 Å². The number of methoxy groups -OCH3 is 2. The quantitative estimate of drug-likeness (QED) is 0.825. The molecule has 1 unspecified atom stereocenters. The maximum Gasteiger partial charge on any atom is 0.255 e. The van der Waals surface area contributed by atoms with Gasteiger partial charge in [0.2, 0.25) is 0 Å². The summed E-state index contributed by atoms with van der Waals surface area (Å²) in [7, 11) is 3.23. The second-order valence-corrected chi connectivity index (χ2v) is 6.71. The molecule has 2 heterocycles. The summed E-state index contributed by atoms with van der Waals surface area (Å²) in [4.78, 5) is 19.3. The maximum absolute atomic E-state index is 13.0. The average molecular weight is 369 g/mol.